The summed E-state index contributed by atoms with van der Waals surface area (Å²) in [5.74, 6) is -1.56. The SMILES string of the molecule is [B]c1cc([B])c2c(c1OCc1ccc(CN3CCOCC3)cc1)C([B])([B])N(C1CCC(=O)NC1=O)C2=O. The number of ether oxygens (including phenoxy) is 2. The highest BCUT2D eigenvalue weighted by Crippen LogP contribution is 2.41. The summed E-state index contributed by atoms with van der Waals surface area (Å²) in [6.07, 6.45) is 0.137. The number of hydrogen-bond donors (Lipinski definition) is 1. The Balaban J connectivity index is 1.38. The van der Waals surface area contributed by atoms with Gasteiger partial charge in [-0.1, -0.05) is 41.3 Å². The van der Waals surface area contributed by atoms with Crippen LogP contribution < -0.4 is 21.0 Å². The highest BCUT2D eigenvalue weighted by molar-refractivity contribution is 6.48. The highest BCUT2D eigenvalue weighted by Gasteiger charge is 2.50. The van der Waals surface area contributed by atoms with Crippen LogP contribution in [-0.4, -0.2) is 91.3 Å². The summed E-state index contributed by atoms with van der Waals surface area (Å²) in [4.78, 5) is 41.0. The Morgan fingerprint density at radius 2 is 1.70 bits per heavy atom. The molecule has 0 saturated carbocycles. The average Bonchev–Trinajstić information content (AvgIpc) is 3.06. The highest BCUT2D eigenvalue weighted by atomic mass is 16.5. The Bertz CT molecular complexity index is 1250. The Hall–Kier alpha value is -2.97. The number of hydrogen-bond acceptors (Lipinski definition) is 6. The van der Waals surface area contributed by atoms with E-state index in [0.717, 1.165) is 43.3 Å². The maximum absolute atomic E-state index is 13.4. The van der Waals surface area contributed by atoms with E-state index >= 15 is 0 Å². The minimum absolute atomic E-state index is 0.0414. The number of rotatable bonds is 6. The van der Waals surface area contributed by atoms with Crippen molar-refractivity contribution in [2.75, 3.05) is 26.3 Å². The molecule has 0 aliphatic carbocycles. The summed E-state index contributed by atoms with van der Waals surface area (Å²) < 4.78 is 11.5. The molecule has 2 saturated heterocycles. The predicted molar refractivity (Wildman–Crippen MR) is 140 cm³/mol. The van der Waals surface area contributed by atoms with Crippen molar-refractivity contribution in [3.8, 4) is 5.75 Å². The third-order valence-electron chi connectivity index (χ3n) is 7.01. The topological polar surface area (TPSA) is 88.2 Å². The summed E-state index contributed by atoms with van der Waals surface area (Å²) in [6, 6.07) is 8.37. The normalized spacial score (nSPS) is 21.6. The number of benzene rings is 2. The van der Waals surface area contributed by atoms with E-state index in [2.05, 4.69) is 10.2 Å². The molecule has 2 aromatic carbocycles. The van der Waals surface area contributed by atoms with Gasteiger partial charge in [0.15, 0.2) is 0 Å². The van der Waals surface area contributed by atoms with Gasteiger partial charge >= 0.3 is 0 Å². The molecule has 8 radical (unpaired) electrons. The van der Waals surface area contributed by atoms with E-state index < -0.39 is 29.1 Å². The van der Waals surface area contributed by atoms with Gasteiger partial charge in [0.05, 0.1) is 28.9 Å². The molecule has 180 valence electrons. The molecule has 2 aromatic rings. The van der Waals surface area contributed by atoms with Gasteiger partial charge in [-0.05, 0) is 22.9 Å². The number of carbonyl (C=O) groups excluding carboxylic acids is 3. The predicted octanol–water partition coefficient (Wildman–Crippen LogP) is -1.61. The zero-order valence-corrected chi connectivity index (χ0v) is 20.4. The second kappa shape index (κ2) is 10.1. The molecule has 1 unspecified atom stereocenters. The Morgan fingerprint density at radius 3 is 2.38 bits per heavy atom. The summed E-state index contributed by atoms with van der Waals surface area (Å²) in [7, 11) is 25.3. The van der Waals surface area contributed by atoms with E-state index in [1.165, 1.54) is 11.6 Å². The standard InChI is InChI=1S/C25H23B4N3O5/c26-16-11-17(27)22(37-13-15-3-1-14(2-4-15)12-31-7-9-36-10-8-31)21-20(16)24(35)32(25(21,28)29)18-5-6-19(33)30-23(18)34/h1-4,11,18H,5-10,12-13H2,(H,30,33,34). The van der Waals surface area contributed by atoms with Crippen molar-refractivity contribution in [1.29, 1.82) is 0 Å². The number of nitrogens with one attached hydrogen (secondary N) is 1. The van der Waals surface area contributed by atoms with E-state index in [1.807, 2.05) is 24.3 Å². The van der Waals surface area contributed by atoms with Gasteiger partial charge in [-0.2, -0.15) is 0 Å². The van der Waals surface area contributed by atoms with Crippen molar-refractivity contribution in [2.24, 2.45) is 0 Å². The fourth-order valence-corrected chi connectivity index (χ4v) is 5.13. The van der Waals surface area contributed by atoms with Crippen LogP contribution in [0.3, 0.4) is 0 Å². The van der Waals surface area contributed by atoms with E-state index in [9.17, 15) is 14.4 Å². The van der Waals surface area contributed by atoms with E-state index in [1.54, 1.807) is 0 Å². The molecule has 0 aromatic heterocycles. The lowest BCUT2D eigenvalue weighted by atomic mass is 9.56. The molecular formula is C25H23B4N3O5. The molecule has 37 heavy (non-hydrogen) atoms. The zero-order valence-electron chi connectivity index (χ0n) is 20.4. The van der Waals surface area contributed by atoms with Crippen LogP contribution in [0, 0.1) is 0 Å². The first-order valence-corrected chi connectivity index (χ1v) is 12.1. The molecule has 3 aliphatic heterocycles. The van der Waals surface area contributed by atoms with Crippen molar-refractivity contribution in [3.63, 3.8) is 0 Å². The molecular weight excluding hydrogens is 466 g/mol. The summed E-state index contributed by atoms with van der Waals surface area (Å²) in [5, 5.41) is 0.295. The third kappa shape index (κ3) is 4.84. The molecule has 1 atom stereocenters. The lowest BCUT2D eigenvalue weighted by Gasteiger charge is -2.41. The molecule has 3 heterocycles. The smallest absolute Gasteiger partial charge is 0.253 e. The van der Waals surface area contributed by atoms with Gasteiger partial charge in [-0.3, -0.25) is 24.6 Å². The first-order valence-electron chi connectivity index (χ1n) is 12.1. The molecule has 0 spiro atoms. The Labute approximate surface area is 221 Å². The fourth-order valence-electron chi connectivity index (χ4n) is 5.13. The van der Waals surface area contributed by atoms with Gasteiger partial charge in [0, 0.05) is 37.2 Å². The molecule has 3 amide bonds. The number of carbonyl (C=O) groups is 3. The molecule has 3 aliphatic rings. The second-order valence-electron chi connectivity index (χ2n) is 9.60. The number of amides is 3. The molecule has 2 fully saturated rings. The van der Waals surface area contributed by atoms with Crippen molar-refractivity contribution < 1.29 is 23.9 Å². The average molecular weight is 489 g/mol. The number of piperidine rings is 1. The van der Waals surface area contributed by atoms with Crippen LogP contribution in [0.25, 0.3) is 0 Å². The number of morpholine rings is 1. The lowest BCUT2D eigenvalue weighted by Crippen LogP contribution is -2.59. The molecule has 8 nitrogen and oxygen atoms in total. The van der Waals surface area contributed by atoms with E-state index in [-0.39, 0.29) is 47.3 Å². The van der Waals surface area contributed by atoms with Crippen LogP contribution in [0.15, 0.2) is 30.3 Å². The quantitative estimate of drug-likeness (QED) is 0.389. The monoisotopic (exact) mass is 489 g/mol. The van der Waals surface area contributed by atoms with Gasteiger partial charge in [0.25, 0.3) is 5.91 Å². The van der Waals surface area contributed by atoms with Gasteiger partial charge in [-0.25, -0.2) is 0 Å². The lowest BCUT2D eigenvalue weighted by molar-refractivity contribution is -0.137. The first kappa shape index (κ1) is 25.7. The van der Waals surface area contributed by atoms with Gasteiger partial charge in [0.2, 0.25) is 11.8 Å². The van der Waals surface area contributed by atoms with E-state index in [4.69, 9.17) is 40.9 Å². The third-order valence-corrected chi connectivity index (χ3v) is 7.01. The van der Waals surface area contributed by atoms with Gasteiger partial charge < -0.3 is 14.4 Å². The minimum Gasteiger partial charge on any atom is -0.489 e. The van der Waals surface area contributed by atoms with Crippen LogP contribution in [0.5, 0.6) is 5.75 Å². The maximum Gasteiger partial charge on any atom is 0.253 e. The van der Waals surface area contributed by atoms with Crippen molar-refractivity contribution in [2.45, 2.75) is 37.4 Å². The summed E-state index contributed by atoms with van der Waals surface area (Å²) >= 11 is 0. The number of fused-ring (bicyclic) bond motifs is 1. The van der Waals surface area contributed by atoms with Crippen LogP contribution in [-0.2, 0) is 32.8 Å². The number of imide groups is 1. The Morgan fingerprint density at radius 1 is 1.03 bits per heavy atom. The fraction of sp³-hybridized carbons (Fsp3) is 0.400. The van der Waals surface area contributed by atoms with Gasteiger partial charge in [0.1, 0.15) is 34.1 Å². The summed E-state index contributed by atoms with van der Waals surface area (Å²) in [5.41, 5.74) is 2.45. The minimum atomic E-state index is -1.93. The molecule has 1 N–H and O–H groups in total. The second-order valence-corrected chi connectivity index (χ2v) is 9.60. The maximum atomic E-state index is 13.4. The van der Waals surface area contributed by atoms with Crippen LogP contribution >= 0.6 is 0 Å². The molecule has 12 heteroatoms. The van der Waals surface area contributed by atoms with Crippen molar-refractivity contribution in [1.82, 2.24) is 15.1 Å². The zero-order chi connectivity index (χ0) is 26.3. The van der Waals surface area contributed by atoms with Crippen molar-refractivity contribution in [3.05, 3.63) is 52.6 Å². The van der Waals surface area contributed by atoms with Crippen LogP contribution in [0.1, 0.15) is 39.9 Å². The van der Waals surface area contributed by atoms with Crippen molar-refractivity contribution >= 4 is 60.0 Å². The first-order chi connectivity index (χ1) is 17.7. The molecule has 5 rings (SSSR count). The Kier molecular flexibility index (Phi) is 6.98. The van der Waals surface area contributed by atoms with E-state index in [0.29, 0.717) is 0 Å². The van der Waals surface area contributed by atoms with Gasteiger partial charge in [-0.15, -0.1) is 0 Å². The molecule has 0 bridgehead atoms. The van der Waals surface area contributed by atoms with Crippen LogP contribution in [0.4, 0.5) is 0 Å². The number of nitrogens with zero attached hydrogens (tertiary/aromatic N) is 2. The largest absolute Gasteiger partial charge is 0.489 e. The summed E-state index contributed by atoms with van der Waals surface area (Å²) in [6.45, 7) is 4.27. The van der Waals surface area contributed by atoms with Crippen LogP contribution in [0.2, 0.25) is 0 Å².